The van der Waals surface area contributed by atoms with Crippen LogP contribution in [0.2, 0.25) is 0 Å². The summed E-state index contributed by atoms with van der Waals surface area (Å²) in [5.74, 6) is 0.731. The zero-order valence-corrected chi connectivity index (χ0v) is 25.3. The fourth-order valence-corrected chi connectivity index (χ4v) is 8.43. The number of carbonyl (C=O) groups is 1. The molecule has 0 saturated carbocycles. The second-order valence-electron chi connectivity index (χ2n) is 11.3. The van der Waals surface area contributed by atoms with E-state index in [-0.39, 0.29) is 17.3 Å². The number of hydrogen-bond donors (Lipinski definition) is 0. The number of sulfonamides is 1. The largest absolute Gasteiger partial charge is 0.497 e. The minimum absolute atomic E-state index is 0.0428. The molecule has 2 aliphatic heterocycles. The molecule has 0 fully saturated rings. The Morgan fingerprint density at radius 1 is 0.909 bits per heavy atom. The van der Waals surface area contributed by atoms with Gasteiger partial charge in [0.15, 0.2) is 0 Å². The summed E-state index contributed by atoms with van der Waals surface area (Å²) in [7, 11) is -2.26. The lowest BCUT2D eigenvalue weighted by molar-refractivity contribution is 0.0527. The van der Waals surface area contributed by atoms with Crippen LogP contribution in [-0.2, 0) is 28.5 Å². The van der Waals surface area contributed by atoms with Gasteiger partial charge < -0.3 is 9.30 Å². The van der Waals surface area contributed by atoms with E-state index in [1.54, 1.807) is 43.5 Å². The second kappa shape index (κ2) is 10.8. The Morgan fingerprint density at radius 3 is 2.36 bits per heavy atom. The molecule has 5 aromatic rings. The Morgan fingerprint density at radius 2 is 1.61 bits per heavy atom. The molecule has 1 atom stereocenters. The quantitative estimate of drug-likeness (QED) is 0.202. The van der Waals surface area contributed by atoms with Gasteiger partial charge in [-0.1, -0.05) is 72.8 Å². The number of hydrogen-bond acceptors (Lipinski definition) is 5. The molecule has 4 aromatic carbocycles. The predicted molar refractivity (Wildman–Crippen MR) is 173 cm³/mol. The van der Waals surface area contributed by atoms with E-state index in [9.17, 15) is 8.42 Å². The van der Waals surface area contributed by atoms with Crippen molar-refractivity contribution < 1.29 is 17.9 Å². The number of nitrogens with zero attached hydrogens (tertiary/aromatic N) is 3. The van der Waals surface area contributed by atoms with Gasteiger partial charge in [0.2, 0.25) is 5.78 Å². The van der Waals surface area contributed by atoms with Crippen molar-refractivity contribution in [3.63, 3.8) is 0 Å². The van der Waals surface area contributed by atoms with Crippen LogP contribution in [0.3, 0.4) is 0 Å². The highest BCUT2D eigenvalue weighted by Crippen LogP contribution is 2.49. The Bertz CT molecular complexity index is 2000. The highest BCUT2D eigenvalue weighted by Gasteiger charge is 2.54. The maximum atomic E-state index is 15.4. The number of carbonyl (C=O) groups excluding carboxylic acids is 1. The van der Waals surface area contributed by atoms with Crippen molar-refractivity contribution in [2.75, 3.05) is 24.6 Å². The number of para-hydroxylation sites is 2. The zero-order valence-electron chi connectivity index (χ0n) is 24.5. The molecule has 3 heterocycles. The van der Waals surface area contributed by atoms with Gasteiger partial charge in [0.1, 0.15) is 11.3 Å². The molecule has 0 saturated heterocycles. The lowest BCUT2D eigenvalue weighted by Crippen LogP contribution is -2.60. The van der Waals surface area contributed by atoms with Crippen LogP contribution in [0.15, 0.2) is 121 Å². The highest BCUT2D eigenvalue weighted by molar-refractivity contribution is 7.92. The monoisotopic (exact) mass is 603 g/mol. The van der Waals surface area contributed by atoms with Crippen molar-refractivity contribution in [2.45, 2.75) is 29.8 Å². The van der Waals surface area contributed by atoms with E-state index in [0.717, 1.165) is 27.8 Å². The average Bonchev–Trinajstić information content (AvgIpc) is 3.30. The van der Waals surface area contributed by atoms with Crippen LogP contribution in [0.1, 0.15) is 33.6 Å². The lowest BCUT2D eigenvalue weighted by Gasteiger charge is -2.49. The van der Waals surface area contributed by atoms with Gasteiger partial charge in [0, 0.05) is 29.6 Å². The summed E-state index contributed by atoms with van der Waals surface area (Å²) in [4.78, 5) is 17.6. The molecular weight excluding hydrogens is 570 g/mol. The van der Waals surface area contributed by atoms with Crippen molar-refractivity contribution in [2.24, 2.45) is 0 Å². The van der Waals surface area contributed by atoms with E-state index in [2.05, 4.69) is 23.3 Å². The highest BCUT2D eigenvalue weighted by atomic mass is 32.2. The first-order valence-electron chi connectivity index (χ1n) is 14.7. The van der Waals surface area contributed by atoms with Crippen LogP contribution < -0.4 is 9.04 Å². The first kappa shape index (κ1) is 28.1. The second-order valence-corrected chi connectivity index (χ2v) is 13.2. The number of anilines is 1. The third kappa shape index (κ3) is 4.20. The van der Waals surface area contributed by atoms with Crippen molar-refractivity contribution in [1.29, 1.82) is 0 Å². The molecule has 7 nitrogen and oxygen atoms in total. The SMILES string of the molecule is C=CCC12C(=O)c3c(c4ccccc4n3Cc3ccc(OC)cc3)CCN1CN(S(=O)(=O)c1ccccc1)c1ccccc12. The van der Waals surface area contributed by atoms with E-state index in [1.807, 2.05) is 65.6 Å². The molecular formula is C36H33N3O4S. The van der Waals surface area contributed by atoms with Crippen LogP contribution in [0.5, 0.6) is 5.75 Å². The standard InChI is InChI=1S/C36H33N3O4S/c1-3-22-36-31-14-8-10-16-33(31)39(44(41,42)28-11-5-4-6-12-28)25-37(36)23-21-30-29-13-7-9-15-32(29)38(34(30)35(36)40)24-26-17-19-27(43-2)20-18-26/h3-20H,1,21-25H2,2H3. The summed E-state index contributed by atoms with van der Waals surface area (Å²) < 4.78 is 37.1. The molecule has 0 bridgehead atoms. The molecule has 1 aromatic heterocycles. The first-order valence-corrected chi connectivity index (χ1v) is 16.1. The van der Waals surface area contributed by atoms with E-state index in [1.165, 1.54) is 4.31 Å². The zero-order chi connectivity index (χ0) is 30.5. The molecule has 7 rings (SSSR count). The van der Waals surface area contributed by atoms with Crippen molar-refractivity contribution in [3.05, 3.63) is 138 Å². The predicted octanol–water partition coefficient (Wildman–Crippen LogP) is 6.38. The number of fused-ring (bicyclic) bond motifs is 6. The van der Waals surface area contributed by atoms with Gasteiger partial charge in [0.05, 0.1) is 30.1 Å². The fraction of sp³-hybridized carbons (Fsp3) is 0.194. The molecule has 44 heavy (non-hydrogen) atoms. The van der Waals surface area contributed by atoms with Crippen molar-refractivity contribution >= 4 is 32.4 Å². The fourth-order valence-electron chi connectivity index (χ4n) is 6.96. The van der Waals surface area contributed by atoms with Gasteiger partial charge in [-0.3, -0.25) is 14.0 Å². The number of aromatic nitrogens is 1. The Balaban J connectivity index is 1.44. The summed E-state index contributed by atoms with van der Waals surface area (Å²) in [6, 6.07) is 32.0. The third-order valence-electron chi connectivity index (χ3n) is 9.03. The average molecular weight is 604 g/mol. The van der Waals surface area contributed by atoms with Crippen LogP contribution in [-0.4, -0.2) is 44.0 Å². The van der Waals surface area contributed by atoms with Crippen LogP contribution in [0, 0.1) is 0 Å². The first-order chi connectivity index (χ1) is 21.4. The summed E-state index contributed by atoms with van der Waals surface area (Å²) in [6.45, 7) is 5.12. The molecule has 2 aliphatic rings. The summed E-state index contributed by atoms with van der Waals surface area (Å²) in [5.41, 5.74) is 3.77. The summed E-state index contributed by atoms with van der Waals surface area (Å²) in [5, 5.41) is 1.04. The molecule has 0 amide bonds. The summed E-state index contributed by atoms with van der Waals surface area (Å²) in [6.07, 6.45) is 2.72. The van der Waals surface area contributed by atoms with Gasteiger partial charge in [-0.15, -0.1) is 6.58 Å². The topological polar surface area (TPSA) is 71.8 Å². The van der Waals surface area contributed by atoms with Gasteiger partial charge in [-0.25, -0.2) is 8.42 Å². The van der Waals surface area contributed by atoms with Crippen molar-refractivity contribution in [1.82, 2.24) is 9.47 Å². The number of methoxy groups -OCH3 is 1. The molecule has 8 heteroatoms. The van der Waals surface area contributed by atoms with E-state index in [0.29, 0.717) is 42.9 Å². The molecule has 0 spiro atoms. The number of Topliss-reactive ketones (excluding diaryl/α,β-unsaturated/α-hetero) is 1. The number of rotatable bonds is 7. The maximum Gasteiger partial charge on any atom is 0.265 e. The minimum Gasteiger partial charge on any atom is -0.497 e. The molecule has 0 N–H and O–H groups in total. The smallest absolute Gasteiger partial charge is 0.265 e. The van der Waals surface area contributed by atoms with Crippen LogP contribution >= 0.6 is 0 Å². The van der Waals surface area contributed by atoms with Gasteiger partial charge in [-0.2, -0.15) is 0 Å². The third-order valence-corrected chi connectivity index (χ3v) is 10.8. The number of ether oxygens (including phenoxy) is 1. The van der Waals surface area contributed by atoms with Crippen LogP contribution in [0.4, 0.5) is 5.69 Å². The number of ketones is 1. The molecule has 1 unspecified atom stereocenters. The summed E-state index contributed by atoms with van der Waals surface area (Å²) >= 11 is 0. The van der Waals surface area contributed by atoms with Gasteiger partial charge in [0.25, 0.3) is 10.0 Å². The molecule has 222 valence electrons. The van der Waals surface area contributed by atoms with Gasteiger partial charge >= 0.3 is 0 Å². The number of benzene rings is 4. The molecule has 0 radical (unpaired) electrons. The van der Waals surface area contributed by atoms with E-state index in [4.69, 9.17) is 4.74 Å². The van der Waals surface area contributed by atoms with Crippen LogP contribution in [0.25, 0.3) is 10.9 Å². The minimum atomic E-state index is -3.90. The normalized spacial score (nSPS) is 18.3. The van der Waals surface area contributed by atoms with Crippen molar-refractivity contribution in [3.8, 4) is 5.75 Å². The Hall–Kier alpha value is -4.66. The van der Waals surface area contributed by atoms with E-state index < -0.39 is 15.6 Å². The maximum absolute atomic E-state index is 15.4. The van der Waals surface area contributed by atoms with E-state index >= 15 is 4.79 Å². The lowest BCUT2D eigenvalue weighted by atomic mass is 9.78. The Kier molecular flexibility index (Phi) is 6.91. The van der Waals surface area contributed by atoms with Gasteiger partial charge in [-0.05, 0) is 60.4 Å². The molecule has 0 aliphatic carbocycles. The Labute approximate surface area is 257 Å².